The predicted molar refractivity (Wildman–Crippen MR) is 67.0 cm³/mol. The number of imide groups is 1. The van der Waals surface area contributed by atoms with E-state index >= 15 is 0 Å². The summed E-state index contributed by atoms with van der Waals surface area (Å²) >= 11 is 0. The molecule has 110 valence electrons. The molecule has 20 heavy (non-hydrogen) atoms. The number of carboxylic acid groups (broad SMARTS) is 1. The number of aliphatic carboxylic acids is 1. The quantitative estimate of drug-likeness (QED) is 0.703. The molecule has 8 nitrogen and oxygen atoms in total. The minimum absolute atomic E-state index is 0.406. The van der Waals surface area contributed by atoms with Crippen molar-refractivity contribution >= 4 is 17.9 Å². The fraction of sp³-hybridized carbons (Fsp3) is 0.417. The molecule has 0 saturated heterocycles. The van der Waals surface area contributed by atoms with Crippen LogP contribution in [0, 0.1) is 6.92 Å². The van der Waals surface area contributed by atoms with Crippen LogP contribution in [0.1, 0.15) is 24.5 Å². The zero-order valence-electron chi connectivity index (χ0n) is 11.1. The molecule has 1 atom stereocenters. The molecule has 3 N–H and O–H groups in total. The summed E-state index contributed by atoms with van der Waals surface area (Å²) in [7, 11) is 0. The molecule has 0 aliphatic carbocycles. The zero-order valence-corrected chi connectivity index (χ0v) is 11.1. The summed E-state index contributed by atoms with van der Waals surface area (Å²) in [5.41, 5.74) is 0. The Kier molecular flexibility index (Phi) is 5.73. The number of hydrogen-bond donors (Lipinski definition) is 3. The summed E-state index contributed by atoms with van der Waals surface area (Å²) in [6, 6.07) is 2.36. The summed E-state index contributed by atoms with van der Waals surface area (Å²) in [4.78, 5) is 32.9. The van der Waals surface area contributed by atoms with Crippen molar-refractivity contribution in [1.82, 2.24) is 10.6 Å². The van der Waals surface area contributed by atoms with Crippen LogP contribution < -0.4 is 10.6 Å². The van der Waals surface area contributed by atoms with E-state index in [2.05, 4.69) is 10.1 Å². The minimum atomic E-state index is -1.19. The number of carbonyl (C=O) groups is 3. The number of furan rings is 1. The van der Waals surface area contributed by atoms with Crippen molar-refractivity contribution in [2.24, 2.45) is 0 Å². The molecule has 1 rings (SSSR count). The first-order valence-corrected chi connectivity index (χ1v) is 5.84. The number of rotatable bonds is 6. The lowest BCUT2D eigenvalue weighted by Gasteiger charge is -2.11. The van der Waals surface area contributed by atoms with Gasteiger partial charge in [0.25, 0.3) is 5.91 Å². The van der Waals surface area contributed by atoms with Gasteiger partial charge in [-0.2, -0.15) is 0 Å². The number of aryl methyl sites for hydroxylation is 1. The fourth-order valence-electron chi connectivity index (χ4n) is 1.38. The van der Waals surface area contributed by atoms with Crippen LogP contribution in [0.2, 0.25) is 0 Å². The van der Waals surface area contributed by atoms with Gasteiger partial charge in [-0.05, 0) is 26.0 Å². The molecule has 0 spiro atoms. The van der Waals surface area contributed by atoms with Gasteiger partial charge < -0.3 is 19.6 Å². The molecular weight excluding hydrogens is 268 g/mol. The molecule has 0 aromatic carbocycles. The molecule has 0 saturated carbocycles. The standard InChI is InChI=1S/C12H16N2O6/c1-7-3-4-9(20-7)8(2)13-12(18)14-10(15)5-19-6-11(16)17/h3-4,8H,5-6H2,1-2H3,(H,16,17)(H2,13,14,15,18). The number of amides is 3. The van der Waals surface area contributed by atoms with E-state index in [1.54, 1.807) is 26.0 Å². The Morgan fingerprint density at radius 2 is 2.05 bits per heavy atom. The summed E-state index contributed by atoms with van der Waals surface area (Å²) < 4.78 is 9.87. The maximum absolute atomic E-state index is 11.5. The van der Waals surface area contributed by atoms with Crippen LogP contribution in [0.5, 0.6) is 0 Å². The van der Waals surface area contributed by atoms with Crippen LogP contribution in [0.15, 0.2) is 16.5 Å². The Morgan fingerprint density at radius 1 is 1.35 bits per heavy atom. The Bertz CT molecular complexity index is 496. The van der Waals surface area contributed by atoms with Crippen LogP contribution in [0.4, 0.5) is 4.79 Å². The van der Waals surface area contributed by atoms with E-state index in [0.717, 1.165) is 0 Å². The van der Waals surface area contributed by atoms with Crippen molar-refractivity contribution in [3.63, 3.8) is 0 Å². The van der Waals surface area contributed by atoms with E-state index < -0.39 is 37.2 Å². The molecule has 3 amide bonds. The average Bonchev–Trinajstić information content (AvgIpc) is 2.75. The first-order chi connectivity index (χ1) is 9.38. The minimum Gasteiger partial charge on any atom is -0.480 e. The van der Waals surface area contributed by atoms with Crippen LogP contribution in [-0.4, -0.2) is 36.2 Å². The molecule has 1 heterocycles. The topological polar surface area (TPSA) is 118 Å². The van der Waals surface area contributed by atoms with Gasteiger partial charge in [0.05, 0.1) is 6.04 Å². The van der Waals surface area contributed by atoms with E-state index in [1.165, 1.54) is 0 Å². The van der Waals surface area contributed by atoms with Crippen LogP contribution in [0.3, 0.4) is 0 Å². The van der Waals surface area contributed by atoms with Crippen LogP contribution in [0.25, 0.3) is 0 Å². The van der Waals surface area contributed by atoms with Crippen molar-refractivity contribution in [1.29, 1.82) is 0 Å². The second-order valence-electron chi connectivity index (χ2n) is 4.08. The highest BCUT2D eigenvalue weighted by Gasteiger charge is 2.14. The molecule has 0 aliphatic heterocycles. The van der Waals surface area contributed by atoms with E-state index in [1.807, 2.05) is 5.32 Å². The number of hydrogen-bond acceptors (Lipinski definition) is 5. The SMILES string of the molecule is Cc1ccc(C(C)NC(=O)NC(=O)COCC(=O)O)o1. The van der Waals surface area contributed by atoms with Crippen molar-refractivity contribution in [3.05, 3.63) is 23.7 Å². The van der Waals surface area contributed by atoms with Gasteiger partial charge in [0.2, 0.25) is 0 Å². The number of carbonyl (C=O) groups excluding carboxylic acids is 2. The molecule has 0 radical (unpaired) electrons. The third-order valence-electron chi connectivity index (χ3n) is 2.25. The highest BCUT2D eigenvalue weighted by Crippen LogP contribution is 2.14. The Hall–Kier alpha value is -2.35. The summed E-state index contributed by atoms with van der Waals surface area (Å²) in [5, 5.41) is 12.8. The van der Waals surface area contributed by atoms with E-state index in [0.29, 0.717) is 11.5 Å². The largest absolute Gasteiger partial charge is 0.480 e. The molecule has 8 heteroatoms. The van der Waals surface area contributed by atoms with Crippen molar-refractivity contribution in [3.8, 4) is 0 Å². The number of urea groups is 1. The summed E-state index contributed by atoms with van der Waals surface area (Å²) in [6.07, 6.45) is 0. The first-order valence-electron chi connectivity index (χ1n) is 5.84. The molecule has 1 aromatic heterocycles. The van der Waals surface area contributed by atoms with Gasteiger partial charge >= 0.3 is 12.0 Å². The third-order valence-corrected chi connectivity index (χ3v) is 2.25. The van der Waals surface area contributed by atoms with Gasteiger partial charge in [-0.1, -0.05) is 0 Å². The second kappa shape index (κ2) is 7.29. The van der Waals surface area contributed by atoms with E-state index in [9.17, 15) is 14.4 Å². The van der Waals surface area contributed by atoms with Gasteiger partial charge in [-0.3, -0.25) is 10.1 Å². The van der Waals surface area contributed by atoms with Gasteiger partial charge in [0, 0.05) is 0 Å². The number of nitrogens with one attached hydrogen (secondary N) is 2. The number of ether oxygens (including phenoxy) is 1. The maximum Gasteiger partial charge on any atom is 0.329 e. The highest BCUT2D eigenvalue weighted by atomic mass is 16.5. The lowest BCUT2D eigenvalue weighted by molar-refractivity contribution is -0.143. The summed E-state index contributed by atoms with van der Waals surface area (Å²) in [5.74, 6) is -0.643. The Morgan fingerprint density at radius 3 is 2.60 bits per heavy atom. The van der Waals surface area contributed by atoms with E-state index in [-0.39, 0.29) is 0 Å². The normalized spacial score (nSPS) is 11.7. The first kappa shape index (κ1) is 15.7. The van der Waals surface area contributed by atoms with Crippen LogP contribution >= 0.6 is 0 Å². The molecule has 0 aliphatic rings. The molecule has 1 unspecified atom stereocenters. The molecular formula is C12H16N2O6. The molecule has 0 fully saturated rings. The number of carboxylic acids is 1. The molecule has 0 bridgehead atoms. The fourth-order valence-corrected chi connectivity index (χ4v) is 1.38. The van der Waals surface area contributed by atoms with Gasteiger partial charge in [-0.15, -0.1) is 0 Å². The van der Waals surface area contributed by atoms with E-state index in [4.69, 9.17) is 9.52 Å². The van der Waals surface area contributed by atoms with Crippen molar-refractivity contribution < 1.29 is 28.6 Å². The monoisotopic (exact) mass is 284 g/mol. The lowest BCUT2D eigenvalue weighted by atomic mass is 10.2. The van der Waals surface area contributed by atoms with Gasteiger partial charge in [0.15, 0.2) is 0 Å². The van der Waals surface area contributed by atoms with Crippen LogP contribution in [-0.2, 0) is 14.3 Å². The second-order valence-corrected chi connectivity index (χ2v) is 4.08. The van der Waals surface area contributed by atoms with Gasteiger partial charge in [0.1, 0.15) is 24.7 Å². The summed E-state index contributed by atoms with van der Waals surface area (Å²) in [6.45, 7) is 2.37. The third kappa shape index (κ3) is 5.53. The smallest absolute Gasteiger partial charge is 0.329 e. The zero-order chi connectivity index (χ0) is 15.1. The Labute approximate surface area is 115 Å². The highest BCUT2D eigenvalue weighted by molar-refractivity contribution is 5.95. The average molecular weight is 284 g/mol. The molecule has 1 aromatic rings. The maximum atomic E-state index is 11.5. The Balaban J connectivity index is 2.32. The predicted octanol–water partition coefficient (Wildman–Crippen LogP) is 0.576. The van der Waals surface area contributed by atoms with Gasteiger partial charge in [-0.25, -0.2) is 9.59 Å². The van der Waals surface area contributed by atoms with Crippen molar-refractivity contribution in [2.45, 2.75) is 19.9 Å². The lowest BCUT2D eigenvalue weighted by Crippen LogP contribution is -2.42. The van der Waals surface area contributed by atoms with Crippen molar-refractivity contribution in [2.75, 3.05) is 13.2 Å².